The van der Waals surface area contributed by atoms with Crippen molar-refractivity contribution in [2.24, 2.45) is 17.0 Å². The Balaban J connectivity index is 1.94. The van der Waals surface area contributed by atoms with Gasteiger partial charge in [-0.05, 0) is 30.4 Å². The second-order valence-electron chi connectivity index (χ2n) is 5.52. The Morgan fingerprint density at radius 3 is 2.74 bits per heavy atom. The zero-order chi connectivity index (χ0) is 14.0. The second kappa shape index (κ2) is 5.64. The summed E-state index contributed by atoms with van der Waals surface area (Å²) >= 11 is 0. The topological polar surface area (TPSA) is 85.3 Å². The van der Waals surface area contributed by atoms with Crippen LogP contribution in [0.1, 0.15) is 38.9 Å². The predicted molar refractivity (Wildman–Crippen MR) is 72.9 cm³/mol. The molecule has 0 aromatic carbocycles. The first-order valence-electron chi connectivity index (χ1n) is 6.73. The van der Waals surface area contributed by atoms with E-state index in [9.17, 15) is 8.42 Å². The van der Waals surface area contributed by atoms with Crippen molar-refractivity contribution in [2.75, 3.05) is 0 Å². The van der Waals surface area contributed by atoms with Crippen LogP contribution in [-0.4, -0.2) is 14.5 Å². The molecule has 3 unspecified atom stereocenters. The van der Waals surface area contributed by atoms with Crippen LogP contribution >= 0.6 is 0 Å². The van der Waals surface area contributed by atoms with Crippen LogP contribution in [0.2, 0.25) is 0 Å². The Morgan fingerprint density at radius 1 is 1.37 bits per heavy atom. The lowest BCUT2D eigenvalue weighted by Crippen LogP contribution is -2.40. The lowest BCUT2D eigenvalue weighted by molar-refractivity contribution is 0.202. The van der Waals surface area contributed by atoms with Gasteiger partial charge in [-0.25, -0.2) is 13.6 Å². The number of nitrogens with one attached hydrogen (secondary N) is 1. The van der Waals surface area contributed by atoms with Crippen LogP contribution in [0.4, 0.5) is 0 Å². The van der Waals surface area contributed by atoms with E-state index < -0.39 is 10.0 Å². The van der Waals surface area contributed by atoms with Crippen molar-refractivity contribution in [3.05, 3.63) is 17.9 Å². The molecule has 3 atom stereocenters. The van der Waals surface area contributed by atoms with Gasteiger partial charge in [0.1, 0.15) is 5.76 Å². The molecule has 1 aliphatic carbocycles. The maximum absolute atomic E-state index is 11.1. The molecule has 0 amide bonds. The van der Waals surface area contributed by atoms with Gasteiger partial charge in [0.05, 0.1) is 6.54 Å². The molecular weight excluding hydrogens is 264 g/mol. The molecule has 0 saturated heterocycles. The van der Waals surface area contributed by atoms with E-state index in [-0.39, 0.29) is 5.09 Å². The minimum atomic E-state index is -3.74. The fourth-order valence-electron chi connectivity index (χ4n) is 2.71. The Bertz CT molecular complexity index is 524. The van der Waals surface area contributed by atoms with Crippen LogP contribution in [0.15, 0.2) is 21.6 Å². The summed E-state index contributed by atoms with van der Waals surface area (Å²) in [6.07, 6.45) is 3.69. The number of hydrogen-bond acceptors (Lipinski definition) is 4. The summed E-state index contributed by atoms with van der Waals surface area (Å²) in [5, 5.41) is 8.29. The van der Waals surface area contributed by atoms with Crippen molar-refractivity contribution in [1.82, 2.24) is 5.32 Å². The summed E-state index contributed by atoms with van der Waals surface area (Å²) in [6, 6.07) is 3.52. The Hall–Kier alpha value is -0.850. The molecule has 19 heavy (non-hydrogen) atoms. The first-order valence-corrected chi connectivity index (χ1v) is 8.27. The van der Waals surface area contributed by atoms with Crippen LogP contribution in [0.25, 0.3) is 0 Å². The van der Waals surface area contributed by atoms with Crippen LogP contribution in [0, 0.1) is 11.8 Å². The molecule has 1 saturated carbocycles. The zero-order valence-electron chi connectivity index (χ0n) is 11.4. The van der Waals surface area contributed by atoms with E-state index in [1.165, 1.54) is 18.9 Å². The first kappa shape index (κ1) is 14.6. The number of nitrogens with two attached hydrogens (primary N) is 1. The monoisotopic (exact) mass is 286 g/mol. The summed E-state index contributed by atoms with van der Waals surface area (Å²) in [7, 11) is -3.74. The maximum atomic E-state index is 11.1. The van der Waals surface area contributed by atoms with E-state index in [0.29, 0.717) is 24.3 Å². The van der Waals surface area contributed by atoms with Crippen molar-refractivity contribution in [2.45, 2.75) is 50.8 Å². The van der Waals surface area contributed by atoms with Gasteiger partial charge in [-0.2, -0.15) is 0 Å². The van der Waals surface area contributed by atoms with Crippen LogP contribution < -0.4 is 10.5 Å². The van der Waals surface area contributed by atoms with Gasteiger partial charge in [0.2, 0.25) is 5.09 Å². The largest absolute Gasteiger partial charge is 0.447 e. The highest BCUT2D eigenvalue weighted by atomic mass is 32.2. The van der Waals surface area contributed by atoms with Gasteiger partial charge >= 0.3 is 0 Å². The van der Waals surface area contributed by atoms with Gasteiger partial charge in [0.25, 0.3) is 10.0 Å². The van der Waals surface area contributed by atoms with Gasteiger partial charge in [0, 0.05) is 6.04 Å². The quantitative estimate of drug-likeness (QED) is 0.884. The van der Waals surface area contributed by atoms with Gasteiger partial charge in [-0.1, -0.05) is 26.7 Å². The Labute approximate surface area is 114 Å². The minimum Gasteiger partial charge on any atom is -0.447 e. The lowest BCUT2D eigenvalue weighted by atomic mass is 9.78. The number of rotatable bonds is 4. The standard InChI is InChI=1S/C13H22N2O3S/c1-9-4-3-5-12(10(9)2)15-8-11-6-7-13(18-11)19(14,16)17/h6-7,9-10,12,15H,3-5,8H2,1-2H3,(H2,14,16,17). The predicted octanol–water partition coefficient (Wildman–Crippen LogP) is 1.84. The molecule has 1 fully saturated rings. The van der Waals surface area contributed by atoms with E-state index in [0.717, 1.165) is 12.3 Å². The smallest absolute Gasteiger partial charge is 0.271 e. The average Bonchev–Trinajstić information content (AvgIpc) is 2.79. The van der Waals surface area contributed by atoms with E-state index in [4.69, 9.17) is 9.56 Å². The molecule has 1 aromatic heterocycles. The normalized spacial score (nSPS) is 28.5. The molecule has 108 valence electrons. The second-order valence-corrected chi connectivity index (χ2v) is 7.01. The zero-order valence-corrected chi connectivity index (χ0v) is 12.2. The van der Waals surface area contributed by atoms with Crippen molar-refractivity contribution >= 4 is 10.0 Å². The molecule has 1 aliphatic rings. The van der Waals surface area contributed by atoms with E-state index in [1.807, 2.05) is 0 Å². The summed E-state index contributed by atoms with van der Waals surface area (Å²) < 4.78 is 27.4. The molecule has 0 spiro atoms. The van der Waals surface area contributed by atoms with Gasteiger partial charge in [-0.3, -0.25) is 0 Å². The van der Waals surface area contributed by atoms with Gasteiger partial charge in [0.15, 0.2) is 0 Å². The van der Waals surface area contributed by atoms with Crippen molar-refractivity contribution in [1.29, 1.82) is 0 Å². The van der Waals surface area contributed by atoms with Crippen molar-refractivity contribution < 1.29 is 12.8 Å². The van der Waals surface area contributed by atoms with Crippen molar-refractivity contribution in [3.8, 4) is 0 Å². The van der Waals surface area contributed by atoms with E-state index in [2.05, 4.69) is 19.2 Å². The third-order valence-electron chi connectivity index (χ3n) is 4.16. The highest BCUT2D eigenvalue weighted by molar-refractivity contribution is 7.89. The first-order chi connectivity index (χ1) is 8.88. The average molecular weight is 286 g/mol. The summed E-state index contributed by atoms with van der Waals surface area (Å²) in [5.41, 5.74) is 0. The number of hydrogen-bond donors (Lipinski definition) is 2. The molecule has 1 heterocycles. The third-order valence-corrected chi connectivity index (χ3v) is 4.94. The molecular formula is C13H22N2O3S. The SMILES string of the molecule is CC1CCCC(NCc2ccc(S(N)(=O)=O)o2)C1C. The number of furan rings is 1. The van der Waals surface area contributed by atoms with E-state index in [1.54, 1.807) is 6.07 Å². The summed E-state index contributed by atoms with van der Waals surface area (Å²) in [6.45, 7) is 5.08. The van der Waals surface area contributed by atoms with Gasteiger partial charge in [-0.15, -0.1) is 0 Å². The fraction of sp³-hybridized carbons (Fsp3) is 0.692. The molecule has 5 nitrogen and oxygen atoms in total. The highest BCUT2D eigenvalue weighted by Crippen LogP contribution is 2.29. The molecule has 6 heteroatoms. The van der Waals surface area contributed by atoms with Crippen LogP contribution in [-0.2, 0) is 16.6 Å². The van der Waals surface area contributed by atoms with Crippen LogP contribution in [0.5, 0.6) is 0 Å². The highest BCUT2D eigenvalue weighted by Gasteiger charge is 2.26. The van der Waals surface area contributed by atoms with Gasteiger partial charge < -0.3 is 9.73 Å². The minimum absolute atomic E-state index is 0.172. The molecule has 2 rings (SSSR count). The fourth-order valence-corrected chi connectivity index (χ4v) is 3.19. The molecule has 0 aliphatic heterocycles. The Kier molecular flexibility index (Phi) is 4.32. The lowest BCUT2D eigenvalue weighted by Gasteiger charge is -2.34. The van der Waals surface area contributed by atoms with Crippen LogP contribution in [0.3, 0.4) is 0 Å². The molecule has 0 bridgehead atoms. The summed E-state index contributed by atoms with van der Waals surface area (Å²) in [4.78, 5) is 0. The third kappa shape index (κ3) is 3.58. The molecule has 0 radical (unpaired) electrons. The molecule has 3 N–H and O–H groups in total. The summed E-state index contributed by atoms with van der Waals surface area (Å²) in [5.74, 6) is 1.96. The van der Waals surface area contributed by atoms with E-state index >= 15 is 0 Å². The maximum Gasteiger partial charge on any atom is 0.271 e. The Morgan fingerprint density at radius 2 is 2.11 bits per heavy atom. The number of sulfonamides is 1. The van der Waals surface area contributed by atoms with Crippen molar-refractivity contribution in [3.63, 3.8) is 0 Å². The molecule has 1 aromatic rings. The number of primary sulfonamides is 1.